The molecular formula is C21H21N3O3S. The number of hydrogen-bond acceptors (Lipinski definition) is 6. The van der Waals surface area contributed by atoms with Crippen molar-refractivity contribution in [3.63, 3.8) is 0 Å². The smallest absolute Gasteiger partial charge is 0.216 e. The first-order chi connectivity index (χ1) is 13.7. The minimum absolute atomic E-state index is 0.517. The third kappa shape index (κ3) is 3.07. The molecule has 144 valence electrons. The summed E-state index contributed by atoms with van der Waals surface area (Å²) in [4.78, 5) is 0.831. The lowest BCUT2D eigenvalue weighted by atomic mass is 10.1. The highest BCUT2D eigenvalue weighted by Crippen LogP contribution is 2.42. The first kappa shape index (κ1) is 18.3. The van der Waals surface area contributed by atoms with Gasteiger partial charge in [-0.25, -0.2) is 0 Å². The Labute approximate surface area is 167 Å². The van der Waals surface area contributed by atoms with Crippen molar-refractivity contribution in [1.29, 1.82) is 0 Å². The summed E-state index contributed by atoms with van der Waals surface area (Å²) in [7, 11) is 3.23. The van der Waals surface area contributed by atoms with Gasteiger partial charge in [0.15, 0.2) is 17.3 Å². The topological polar surface area (TPSA) is 57.9 Å². The Hall–Kier alpha value is -3.06. The monoisotopic (exact) mass is 395 g/mol. The summed E-state index contributed by atoms with van der Waals surface area (Å²) in [6, 6.07) is 12.2. The Morgan fingerprint density at radius 2 is 1.64 bits per heavy atom. The van der Waals surface area contributed by atoms with Crippen LogP contribution in [0.25, 0.3) is 27.6 Å². The summed E-state index contributed by atoms with van der Waals surface area (Å²) >= 11 is 1.56. The number of ether oxygens (including phenoxy) is 3. The van der Waals surface area contributed by atoms with Gasteiger partial charge in [-0.2, -0.15) is 0 Å². The van der Waals surface area contributed by atoms with Crippen molar-refractivity contribution in [2.75, 3.05) is 20.8 Å². The minimum Gasteiger partial charge on any atom is -0.493 e. The van der Waals surface area contributed by atoms with Crippen LogP contribution in [0.2, 0.25) is 0 Å². The van der Waals surface area contributed by atoms with Crippen molar-refractivity contribution < 1.29 is 14.2 Å². The van der Waals surface area contributed by atoms with Crippen molar-refractivity contribution >= 4 is 16.3 Å². The zero-order valence-corrected chi connectivity index (χ0v) is 17.0. The van der Waals surface area contributed by atoms with Crippen LogP contribution in [0.4, 0.5) is 0 Å². The first-order valence-corrected chi connectivity index (χ1v) is 9.83. The molecular weight excluding hydrogens is 374 g/mol. The number of thiazole rings is 1. The molecule has 4 aromatic rings. The second-order valence-electron chi connectivity index (χ2n) is 6.27. The molecule has 4 rings (SSSR count). The maximum absolute atomic E-state index is 5.71. The largest absolute Gasteiger partial charge is 0.493 e. The molecule has 0 atom stereocenters. The van der Waals surface area contributed by atoms with Gasteiger partial charge in [-0.15, -0.1) is 21.5 Å². The number of methoxy groups -OCH3 is 2. The fraction of sp³-hybridized carbons (Fsp3) is 0.238. The van der Waals surface area contributed by atoms with E-state index in [-0.39, 0.29) is 0 Å². The number of nitrogens with zero attached hydrogens (tertiary/aromatic N) is 3. The highest BCUT2D eigenvalue weighted by Gasteiger charge is 2.20. The molecule has 0 aliphatic carbocycles. The van der Waals surface area contributed by atoms with Crippen LogP contribution in [0.5, 0.6) is 17.2 Å². The average Bonchev–Trinajstić information content (AvgIpc) is 3.31. The molecule has 0 bridgehead atoms. The fourth-order valence-electron chi connectivity index (χ4n) is 3.13. The van der Waals surface area contributed by atoms with Gasteiger partial charge in [0.1, 0.15) is 0 Å². The Morgan fingerprint density at radius 1 is 0.964 bits per heavy atom. The standard InChI is InChI=1S/C21H21N3O3S/c1-5-27-19-17(25-3)10-15(11-18(19)26-4)20-22-23-21-24(20)16(12-28-21)14-8-6-13(2)7-9-14/h6-12H,5H2,1-4H3. The van der Waals surface area contributed by atoms with E-state index in [4.69, 9.17) is 14.2 Å². The summed E-state index contributed by atoms with van der Waals surface area (Å²) in [5.74, 6) is 2.51. The van der Waals surface area contributed by atoms with E-state index in [1.165, 1.54) is 5.56 Å². The molecule has 0 aliphatic heterocycles. The molecule has 28 heavy (non-hydrogen) atoms. The third-order valence-corrected chi connectivity index (χ3v) is 5.32. The van der Waals surface area contributed by atoms with Gasteiger partial charge < -0.3 is 14.2 Å². The van der Waals surface area contributed by atoms with E-state index in [0.717, 1.165) is 27.6 Å². The van der Waals surface area contributed by atoms with Gasteiger partial charge in [0.25, 0.3) is 0 Å². The van der Waals surface area contributed by atoms with Crippen LogP contribution in [-0.2, 0) is 0 Å². The lowest BCUT2D eigenvalue weighted by Crippen LogP contribution is -2.00. The second-order valence-corrected chi connectivity index (χ2v) is 7.11. The van der Waals surface area contributed by atoms with Gasteiger partial charge in [0, 0.05) is 10.9 Å². The Bertz CT molecular complexity index is 1090. The Balaban J connectivity index is 1.90. The molecule has 7 heteroatoms. The molecule has 0 fully saturated rings. The quantitative estimate of drug-likeness (QED) is 0.467. The Morgan fingerprint density at radius 3 is 2.25 bits per heavy atom. The second kappa shape index (κ2) is 7.52. The highest BCUT2D eigenvalue weighted by molar-refractivity contribution is 7.15. The van der Waals surface area contributed by atoms with E-state index in [1.54, 1.807) is 25.6 Å². The van der Waals surface area contributed by atoms with E-state index >= 15 is 0 Å². The summed E-state index contributed by atoms with van der Waals surface area (Å²) in [6.07, 6.45) is 0. The van der Waals surface area contributed by atoms with Crippen molar-refractivity contribution in [2.24, 2.45) is 0 Å². The van der Waals surface area contributed by atoms with E-state index < -0.39 is 0 Å². The van der Waals surface area contributed by atoms with Crippen LogP contribution in [0.15, 0.2) is 41.8 Å². The average molecular weight is 395 g/mol. The molecule has 2 heterocycles. The maximum Gasteiger partial charge on any atom is 0.216 e. The highest BCUT2D eigenvalue weighted by atomic mass is 32.1. The summed E-state index contributed by atoms with van der Waals surface area (Å²) in [5, 5.41) is 10.9. The van der Waals surface area contributed by atoms with E-state index in [2.05, 4.69) is 51.2 Å². The molecule has 6 nitrogen and oxygen atoms in total. The predicted molar refractivity (Wildman–Crippen MR) is 111 cm³/mol. The summed E-state index contributed by atoms with van der Waals surface area (Å²) in [6.45, 7) is 4.52. The molecule has 2 aromatic heterocycles. The van der Waals surface area contributed by atoms with Crippen LogP contribution in [-0.4, -0.2) is 35.4 Å². The van der Waals surface area contributed by atoms with Gasteiger partial charge in [0.2, 0.25) is 10.7 Å². The lowest BCUT2D eigenvalue weighted by Gasteiger charge is -2.15. The van der Waals surface area contributed by atoms with E-state index in [0.29, 0.717) is 23.9 Å². The van der Waals surface area contributed by atoms with Crippen molar-refractivity contribution in [1.82, 2.24) is 14.6 Å². The number of aryl methyl sites for hydroxylation is 1. The number of benzene rings is 2. The SMILES string of the molecule is CCOc1c(OC)cc(-c2nnc3scc(-c4ccc(C)cc4)n23)cc1OC. The van der Waals surface area contributed by atoms with Gasteiger partial charge in [0.05, 0.1) is 26.5 Å². The lowest BCUT2D eigenvalue weighted by molar-refractivity contribution is 0.288. The fourth-order valence-corrected chi connectivity index (χ4v) is 3.97. The van der Waals surface area contributed by atoms with Crippen LogP contribution in [0, 0.1) is 6.92 Å². The maximum atomic E-state index is 5.71. The van der Waals surface area contributed by atoms with E-state index in [1.807, 2.05) is 19.1 Å². The minimum atomic E-state index is 0.517. The molecule has 0 unspecified atom stereocenters. The molecule has 0 saturated carbocycles. The third-order valence-electron chi connectivity index (χ3n) is 4.51. The number of rotatable bonds is 6. The zero-order valence-electron chi connectivity index (χ0n) is 16.2. The van der Waals surface area contributed by atoms with Gasteiger partial charge in [-0.05, 0) is 31.5 Å². The van der Waals surface area contributed by atoms with Crippen molar-refractivity contribution in [2.45, 2.75) is 13.8 Å². The van der Waals surface area contributed by atoms with Crippen LogP contribution in [0.1, 0.15) is 12.5 Å². The number of hydrogen-bond donors (Lipinski definition) is 0. The number of fused-ring (bicyclic) bond motifs is 1. The van der Waals surface area contributed by atoms with Crippen LogP contribution in [0.3, 0.4) is 0 Å². The molecule has 0 radical (unpaired) electrons. The molecule has 0 spiro atoms. The van der Waals surface area contributed by atoms with Crippen LogP contribution < -0.4 is 14.2 Å². The molecule has 0 aliphatic rings. The van der Waals surface area contributed by atoms with Gasteiger partial charge in [-0.1, -0.05) is 29.8 Å². The molecule has 0 N–H and O–H groups in total. The van der Waals surface area contributed by atoms with Crippen molar-refractivity contribution in [3.8, 4) is 39.9 Å². The molecule has 0 saturated heterocycles. The predicted octanol–water partition coefficient (Wildman–Crippen LogP) is 4.85. The number of aromatic nitrogens is 3. The normalized spacial score (nSPS) is 11.0. The Kier molecular flexibility index (Phi) is 4.92. The zero-order chi connectivity index (χ0) is 19.7. The van der Waals surface area contributed by atoms with Crippen LogP contribution >= 0.6 is 11.3 Å². The molecule has 0 amide bonds. The van der Waals surface area contributed by atoms with E-state index in [9.17, 15) is 0 Å². The summed E-state index contributed by atoms with van der Waals surface area (Å²) in [5.41, 5.74) is 4.23. The van der Waals surface area contributed by atoms with Gasteiger partial charge in [-0.3, -0.25) is 4.40 Å². The molecule has 2 aromatic carbocycles. The van der Waals surface area contributed by atoms with Crippen molar-refractivity contribution in [3.05, 3.63) is 47.3 Å². The van der Waals surface area contributed by atoms with Gasteiger partial charge >= 0.3 is 0 Å². The summed E-state index contributed by atoms with van der Waals surface area (Å²) < 4.78 is 18.8. The first-order valence-electron chi connectivity index (χ1n) is 8.95.